The molecule has 3 heterocycles. The van der Waals surface area contributed by atoms with Crippen molar-refractivity contribution in [3.63, 3.8) is 0 Å². The molecule has 0 spiro atoms. The number of piperazine rings is 1. The molecule has 4 aromatic rings. The topological polar surface area (TPSA) is 136 Å². The number of esters is 1. The molecule has 1 amide bonds. The van der Waals surface area contributed by atoms with Crippen molar-refractivity contribution < 1.29 is 22.7 Å². The van der Waals surface area contributed by atoms with Crippen LogP contribution in [0.5, 0.6) is 0 Å². The molecular formula is C24H22ClN5O5S2. The van der Waals surface area contributed by atoms with E-state index in [1.165, 1.54) is 11.2 Å². The zero-order chi connectivity index (χ0) is 26.3. The number of nitrogen functional groups attached to an aromatic ring is 1. The van der Waals surface area contributed by atoms with Gasteiger partial charge in [-0.1, -0.05) is 23.7 Å². The number of benzene rings is 2. The van der Waals surface area contributed by atoms with Crippen LogP contribution in [0.25, 0.3) is 21.0 Å². The van der Waals surface area contributed by atoms with E-state index in [2.05, 4.69) is 9.97 Å². The number of fused-ring (bicyclic) bond motifs is 2. The Kier molecular flexibility index (Phi) is 6.75. The van der Waals surface area contributed by atoms with Gasteiger partial charge in [0.15, 0.2) is 0 Å². The molecule has 2 aromatic heterocycles. The van der Waals surface area contributed by atoms with Gasteiger partial charge in [-0.05, 0) is 48.2 Å². The van der Waals surface area contributed by atoms with Crippen LogP contribution in [0.1, 0.15) is 12.5 Å². The summed E-state index contributed by atoms with van der Waals surface area (Å²) in [5.74, 6) is -0.857. The number of nitrogens with two attached hydrogens (primary N) is 1. The van der Waals surface area contributed by atoms with E-state index in [0.29, 0.717) is 32.0 Å². The van der Waals surface area contributed by atoms with Crippen molar-refractivity contribution in [2.75, 3.05) is 25.4 Å². The Morgan fingerprint density at radius 2 is 2.03 bits per heavy atom. The number of halogens is 1. The third kappa shape index (κ3) is 4.85. The second kappa shape index (κ2) is 9.86. The molecule has 1 aliphatic rings. The minimum atomic E-state index is -4.06. The molecule has 0 saturated carbocycles. The predicted octanol–water partition coefficient (Wildman–Crippen LogP) is 3.04. The van der Waals surface area contributed by atoms with E-state index in [4.69, 9.17) is 22.1 Å². The Hall–Kier alpha value is -3.32. The number of anilines is 1. The molecule has 0 aliphatic carbocycles. The lowest BCUT2D eigenvalue weighted by Crippen LogP contribution is -2.60. The highest BCUT2D eigenvalue weighted by Gasteiger charge is 2.43. The summed E-state index contributed by atoms with van der Waals surface area (Å²) in [5, 5.41) is 1.88. The van der Waals surface area contributed by atoms with Gasteiger partial charge >= 0.3 is 5.97 Å². The number of sulfonamides is 1. The number of aromatic nitrogens is 2. The molecule has 2 N–H and O–H groups in total. The van der Waals surface area contributed by atoms with Crippen LogP contribution in [0.15, 0.2) is 53.0 Å². The highest BCUT2D eigenvalue weighted by Crippen LogP contribution is 2.34. The standard InChI is InChI=1S/C24H22ClN5O5S2/c1-2-35-24(32)19-11-29(37(33,34)22-8-15-4-5-16(25)9-20(15)36-22)12-21(31)30(19)10-14-3-6-17-18(7-14)27-13-28-23(17)26/h3-9,13,19H,2,10-12H2,1H3,(H2,26,27,28)/t19-/m1/s1. The number of carbonyl (C=O) groups is 2. The van der Waals surface area contributed by atoms with Gasteiger partial charge in [0.1, 0.15) is 22.4 Å². The van der Waals surface area contributed by atoms with Crippen molar-refractivity contribution in [2.24, 2.45) is 0 Å². The molecule has 10 nitrogen and oxygen atoms in total. The predicted molar refractivity (Wildman–Crippen MR) is 141 cm³/mol. The van der Waals surface area contributed by atoms with E-state index in [0.717, 1.165) is 21.0 Å². The van der Waals surface area contributed by atoms with Crippen LogP contribution in [0.4, 0.5) is 5.82 Å². The smallest absolute Gasteiger partial charge is 0.330 e. The molecule has 1 aliphatic heterocycles. The zero-order valence-electron chi connectivity index (χ0n) is 19.6. The first-order valence-electron chi connectivity index (χ1n) is 11.3. The summed E-state index contributed by atoms with van der Waals surface area (Å²) in [6.45, 7) is 1.17. The first-order valence-corrected chi connectivity index (χ1v) is 14.0. The van der Waals surface area contributed by atoms with Gasteiger partial charge in [0.2, 0.25) is 5.91 Å². The summed E-state index contributed by atoms with van der Waals surface area (Å²) in [6, 6.07) is 10.8. The van der Waals surface area contributed by atoms with Gasteiger partial charge in [-0.15, -0.1) is 11.3 Å². The number of amides is 1. The number of hydrogen-bond donors (Lipinski definition) is 1. The maximum absolute atomic E-state index is 13.5. The monoisotopic (exact) mass is 559 g/mol. The second-order valence-electron chi connectivity index (χ2n) is 8.45. The number of carbonyl (C=O) groups excluding carboxylic acids is 2. The zero-order valence-corrected chi connectivity index (χ0v) is 22.0. The highest BCUT2D eigenvalue weighted by atomic mass is 35.5. The Balaban J connectivity index is 1.45. The molecule has 13 heteroatoms. The Morgan fingerprint density at radius 3 is 2.81 bits per heavy atom. The number of ether oxygens (including phenoxy) is 1. The minimum Gasteiger partial charge on any atom is -0.464 e. The van der Waals surface area contributed by atoms with Gasteiger partial charge in [-0.3, -0.25) is 4.79 Å². The van der Waals surface area contributed by atoms with Gasteiger partial charge < -0.3 is 15.4 Å². The van der Waals surface area contributed by atoms with Gasteiger partial charge in [-0.25, -0.2) is 23.2 Å². The molecule has 0 unspecified atom stereocenters. The lowest BCUT2D eigenvalue weighted by molar-refractivity contribution is -0.158. The van der Waals surface area contributed by atoms with Crippen molar-refractivity contribution >= 4 is 71.6 Å². The van der Waals surface area contributed by atoms with E-state index in [-0.39, 0.29) is 23.9 Å². The van der Waals surface area contributed by atoms with Crippen LogP contribution in [-0.4, -0.2) is 65.2 Å². The summed E-state index contributed by atoms with van der Waals surface area (Å²) in [7, 11) is -4.06. The van der Waals surface area contributed by atoms with Crippen molar-refractivity contribution in [3.05, 3.63) is 59.4 Å². The summed E-state index contributed by atoms with van der Waals surface area (Å²) < 4.78 is 34.0. The molecular weight excluding hydrogens is 538 g/mol. The molecule has 1 fully saturated rings. The first-order chi connectivity index (χ1) is 17.7. The third-order valence-electron chi connectivity index (χ3n) is 6.08. The summed E-state index contributed by atoms with van der Waals surface area (Å²) >= 11 is 7.11. The SMILES string of the molecule is CCOC(=O)[C@H]1CN(S(=O)(=O)c2cc3ccc(Cl)cc3s2)CC(=O)N1Cc1ccc2c(N)ncnc2c1. The van der Waals surface area contributed by atoms with Crippen LogP contribution < -0.4 is 5.73 Å². The first kappa shape index (κ1) is 25.3. The quantitative estimate of drug-likeness (QED) is 0.356. The lowest BCUT2D eigenvalue weighted by Gasteiger charge is -2.38. The van der Waals surface area contributed by atoms with Crippen molar-refractivity contribution in [1.82, 2.24) is 19.2 Å². The highest BCUT2D eigenvalue weighted by molar-refractivity contribution is 7.91. The van der Waals surface area contributed by atoms with E-state index in [1.807, 2.05) is 0 Å². The number of hydrogen-bond acceptors (Lipinski definition) is 9. The molecule has 0 bridgehead atoms. The maximum Gasteiger partial charge on any atom is 0.330 e. The third-order valence-corrected chi connectivity index (χ3v) is 9.68. The van der Waals surface area contributed by atoms with Crippen molar-refractivity contribution in [1.29, 1.82) is 0 Å². The van der Waals surface area contributed by atoms with Gasteiger partial charge in [0.05, 0.1) is 18.7 Å². The van der Waals surface area contributed by atoms with Crippen molar-refractivity contribution in [2.45, 2.75) is 23.7 Å². The van der Waals surface area contributed by atoms with Crippen LogP contribution in [-0.2, 0) is 30.9 Å². The largest absolute Gasteiger partial charge is 0.464 e. The van der Waals surface area contributed by atoms with Crippen LogP contribution >= 0.6 is 22.9 Å². The molecule has 5 rings (SSSR count). The Morgan fingerprint density at radius 1 is 1.22 bits per heavy atom. The fourth-order valence-corrected chi connectivity index (χ4v) is 7.47. The summed E-state index contributed by atoms with van der Waals surface area (Å²) in [6.07, 6.45) is 1.35. The minimum absolute atomic E-state index is 0.0669. The number of rotatable bonds is 6. The van der Waals surface area contributed by atoms with E-state index >= 15 is 0 Å². The maximum atomic E-state index is 13.5. The number of thiophene rings is 1. The van der Waals surface area contributed by atoms with Crippen LogP contribution in [0, 0.1) is 0 Å². The van der Waals surface area contributed by atoms with Crippen LogP contribution in [0.3, 0.4) is 0 Å². The van der Waals surface area contributed by atoms with E-state index in [9.17, 15) is 18.0 Å². The Bertz CT molecular complexity index is 1640. The van der Waals surface area contributed by atoms with Gasteiger partial charge in [0.25, 0.3) is 10.0 Å². The fraction of sp³-hybridized carbons (Fsp3) is 0.250. The molecule has 1 atom stereocenters. The molecule has 2 aromatic carbocycles. The molecule has 0 radical (unpaired) electrons. The normalized spacial score (nSPS) is 17.0. The lowest BCUT2D eigenvalue weighted by atomic mass is 10.1. The summed E-state index contributed by atoms with van der Waals surface area (Å²) in [5.41, 5.74) is 7.19. The number of nitrogens with zero attached hydrogens (tertiary/aromatic N) is 4. The average molecular weight is 560 g/mol. The second-order valence-corrected chi connectivity index (χ2v) is 12.1. The van der Waals surface area contributed by atoms with Crippen molar-refractivity contribution in [3.8, 4) is 0 Å². The molecule has 192 valence electrons. The molecule has 1 saturated heterocycles. The van der Waals surface area contributed by atoms with Gasteiger partial charge in [-0.2, -0.15) is 4.31 Å². The van der Waals surface area contributed by atoms with Crippen LogP contribution in [0.2, 0.25) is 5.02 Å². The Labute approximate surface area is 221 Å². The fourth-order valence-electron chi connectivity index (χ4n) is 4.25. The van der Waals surface area contributed by atoms with Gasteiger partial charge in [0, 0.05) is 28.2 Å². The average Bonchev–Trinajstić information content (AvgIpc) is 3.29. The van der Waals surface area contributed by atoms with E-state index in [1.54, 1.807) is 49.4 Å². The van der Waals surface area contributed by atoms with E-state index < -0.39 is 34.5 Å². The summed E-state index contributed by atoms with van der Waals surface area (Å²) in [4.78, 5) is 35.7. The molecule has 37 heavy (non-hydrogen) atoms.